The van der Waals surface area contributed by atoms with E-state index in [-0.39, 0.29) is 17.3 Å². The number of Topliss-reactive ketones (excluding diaryl/α,β-unsaturated/α-hetero) is 1. The van der Waals surface area contributed by atoms with Gasteiger partial charge in [-0.15, -0.1) is 4.91 Å². The first kappa shape index (κ1) is 27.7. The predicted octanol–water partition coefficient (Wildman–Crippen LogP) is 7.74. The maximum Gasteiger partial charge on any atom is 0.317 e. The number of hydrogen-bond acceptors (Lipinski definition) is 4. The van der Waals surface area contributed by atoms with E-state index in [1.807, 2.05) is 58.1 Å². The Morgan fingerprint density at radius 2 is 1.91 bits per heavy atom. The molecule has 0 saturated heterocycles. The summed E-state index contributed by atoms with van der Waals surface area (Å²) in [5, 5.41) is 3.10. The maximum absolute atomic E-state index is 12.0. The largest absolute Gasteiger partial charge is 0.453 e. The molecule has 0 aromatic heterocycles. The molecule has 0 bridgehead atoms. The van der Waals surface area contributed by atoms with Crippen LogP contribution in [0, 0.1) is 18.8 Å². The monoisotopic (exact) mass is 491 g/mol. The fourth-order valence-electron chi connectivity index (χ4n) is 3.58. The maximum atomic E-state index is 12.0. The number of nitrogens with zero attached hydrogens (tertiary/aromatic N) is 1. The van der Waals surface area contributed by atoms with E-state index in [1.54, 1.807) is 19.1 Å². The Morgan fingerprint density at radius 3 is 2.51 bits per heavy atom. The van der Waals surface area contributed by atoms with Crippen molar-refractivity contribution in [2.75, 3.05) is 0 Å². The Kier molecular flexibility index (Phi) is 10.1. The second-order valence-corrected chi connectivity index (χ2v) is 8.63. The molecule has 1 atom stereocenters. The second-order valence-electron chi connectivity index (χ2n) is 8.22. The number of benzene rings is 2. The smallest absolute Gasteiger partial charge is 0.317 e. The van der Waals surface area contributed by atoms with E-state index < -0.39 is 5.91 Å². The van der Waals surface area contributed by atoms with E-state index in [9.17, 15) is 14.5 Å². The molecule has 1 unspecified atom stereocenters. The van der Waals surface area contributed by atoms with Crippen molar-refractivity contribution in [1.82, 2.24) is 0 Å². The summed E-state index contributed by atoms with van der Waals surface area (Å²) >= 11 is 6.63. The standard InChI is InChI=1S/C29H30ClNO4/c1-7-21(28(32)9-3)12-10-18(4)25-14-20(6)22(16-27(25)30)15-23(8-2)35-24-13-11-19(5)26(17-24)29(33)31-34/h7,10-14,16-18H,2,9,15H2,1,3-6H3. The van der Waals surface area contributed by atoms with Crippen LogP contribution in [0.2, 0.25) is 5.02 Å². The van der Waals surface area contributed by atoms with Crippen LogP contribution in [0.15, 0.2) is 77.4 Å². The van der Waals surface area contributed by atoms with Crippen LogP contribution >= 0.6 is 11.6 Å². The zero-order chi connectivity index (χ0) is 26.1. The minimum atomic E-state index is -0.848. The molecule has 2 aromatic carbocycles. The Balaban J connectivity index is 2.24. The van der Waals surface area contributed by atoms with Crippen molar-refractivity contribution >= 4 is 23.3 Å². The molecule has 0 N–H and O–H groups in total. The van der Waals surface area contributed by atoms with Crippen molar-refractivity contribution in [3.8, 4) is 5.75 Å². The molecule has 0 aliphatic rings. The summed E-state index contributed by atoms with van der Waals surface area (Å²) in [6.07, 6.45) is 6.49. The molecule has 0 radical (unpaired) electrons. The Bertz CT molecular complexity index is 1250. The summed E-state index contributed by atoms with van der Waals surface area (Å²) in [4.78, 5) is 34.4. The van der Waals surface area contributed by atoms with Crippen molar-refractivity contribution in [1.29, 1.82) is 0 Å². The van der Waals surface area contributed by atoms with Gasteiger partial charge in [-0.2, -0.15) is 0 Å². The Hall–Kier alpha value is -3.53. The van der Waals surface area contributed by atoms with E-state index in [2.05, 4.69) is 17.5 Å². The van der Waals surface area contributed by atoms with Crippen LogP contribution in [0.25, 0.3) is 0 Å². The third-order valence-corrected chi connectivity index (χ3v) is 6.10. The lowest BCUT2D eigenvalue weighted by Crippen LogP contribution is -2.04. The van der Waals surface area contributed by atoms with Crippen molar-refractivity contribution in [2.45, 2.75) is 53.4 Å². The highest BCUT2D eigenvalue weighted by atomic mass is 35.5. The number of hydrogen-bond donors (Lipinski definition) is 0. The first-order valence-electron chi connectivity index (χ1n) is 11.4. The van der Waals surface area contributed by atoms with Gasteiger partial charge in [0.1, 0.15) is 11.5 Å². The van der Waals surface area contributed by atoms with E-state index in [1.165, 1.54) is 6.07 Å². The number of halogens is 1. The highest BCUT2D eigenvalue weighted by Gasteiger charge is 2.15. The minimum absolute atomic E-state index is 0.00969. The van der Waals surface area contributed by atoms with Crippen molar-refractivity contribution < 1.29 is 14.3 Å². The van der Waals surface area contributed by atoms with Gasteiger partial charge in [0.15, 0.2) is 5.78 Å². The molecule has 2 aromatic rings. The average Bonchev–Trinajstić information content (AvgIpc) is 2.85. The van der Waals surface area contributed by atoms with Gasteiger partial charge in [-0.25, -0.2) is 0 Å². The number of aryl methyl sites for hydroxylation is 2. The van der Waals surface area contributed by atoms with Crippen LogP contribution in [0.3, 0.4) is 0 Å². The SMILES string of the molecule is C=C=C(Cc1cc(Cl)c(C(C)C=CC(=CC)C(=O)CC)cc1C)Oc1ccc(C)c(C(=O)N=O)c1. The number of carbonyl (C=O) groups excluding carboxylic acids is 2. The van der Waals surface area contributed by atoms with E-state index in [0.717, 1.165) is 16.7 Å². The molecule has 0 fully saturated rings. The number of ketones is 1. The molecule has 0 aliphatic heterocycles. The molecule has 5 nitrogen and oxygen atoms in total. The number of amides is 1. The average molecular weight is 492 g/mol. The lowest BCUT2D eigenvalue weighted by molar-refractivity contribution is -0.115. The summed E-state index contributed by atoms with van der Waals surface area (Å²) < 4.78 is 5.90. The number of carbonyl (C=O) groups is 2. The van der Waals surface area contributed by atoms with Crippen LogP contribution in [0.1, 0.15) is 65.7 Å². The minimum Gasteiger partial charge on any atom is -0.453 e. The van der Waals surface area contributed by atoms with E-state index in [0.29, 0.717) is 40.5 Å². The zero-order valence-electron chi connectivity index (χ0n) is 20.8. The first-order chi connectivity index (χ1) is 16.6. The van der Waals surface area contributed by atoms with E-state index in [4.69, 9.17) is 16.3 Å². The lowest BCUT2D eigenvalue weighted by Gasteiger charge is -2.16. The number of allylic oxidation sites excluding steroid dienone is 5. The fraction of sp³-hybridized carbons (Fsp3) is 0.276. The zero-order valence-corrected chi connectivity index (χ0v) is 21.5. The molecule has 0 aliphatic carbocycles. The Morgan fingerprint density at radius 1 is 1.20 bits per heavy atom. The normalized spacial score (nSPS) is 12.2. The molecule has 0 heterocycles. The molecule has 182 valence electrons. The summed E-state index contributed by atoms with van der Waals surface area (Å²) in [6.45, 7) is 13.2. The molecule has 35 heavy (non-hydrogen) atoms. The van der Waals surface area contributed by atoms with Crippen LogP contribution < -0.4 is 4.74 Å². The molecule has 6 heteroatoms. The highest BCUT2D eigenvalue weighted by molar-refractivity contribution is 6.31. The van der Waals surface area contributed by atoms with Crippen molar-refractivity contribution in [3.05, 3.63) is 110 Å². The first-order valence-corrected chi connectivity index (χ1v) is 11.7. The third kappa shape index (κ3) is 7.22. The Labute approximate surface area is 211 Å². The van der Waals surface area contributed by atoms with Crippen LogP contribution in [-0.2, 0) is 11.2 Å². The fourth-order valence-corrected chi connectivity index (χ4v) is 3.94. The number of nitroso groups, excluding NO2 is 1. The highest BCUT2D eigenvalue weighted by Crippen LogP contribution is 2.30. The summed E-state index contributed by atoms with van der Waals surface area (Å²) in [5.41, 5.74) is 7.21. The molecule has 2 rings (SSSR count). The van der Waals surface area contributed by atoms with Crippen LogP contribution in [0.4, 0.5) is 0 Å². The van der Waals surface area contributed by atoms with Gasteiger partial charge < -0.3 is 4.74 Å². The molecule has 1 amide bonds. The number of rotatable bonds is 10. The van der Waals surface area contributed by atoms with Crippen molar-refractivity contribution in [3.63, 3.8) is 0 Å². The van der Waals surface area contributed by atoms with Crippen LogP contribution in [-0.4, -0.2) is 11.7 Å². The van der Waals surface area contributed by atoms with Gasteiger partial charge in [-0.05, 0) is 61.2 Å². The quantitative estimate of drug-likeness (QED) is 0.112. The van der Waals surface area contributed by atoms with Gasteiger partial charge in [0.2, 0.25) is 0 Å². The summed E-state index contributed by atoms with van der Waals surface area (Å²) in [7, 11) is 0. The summed E-state index contributed by atoms with van der Waals surface area (Å²) in [6, 6.07) is 8.80. The van der Waals surface area contributed by atoms with Gasteiger partial charge in [-0.3, -0.25) is 9.59 Å². The van der Waals surface area contributed by atoms with E-state index >= 15 is 0 Å². The predicted molar refractivity (Wildman–Crippen MR) is 141 cm³/mol. The van der Waals surface area contributed by atoms with Gasteiger partial charge >= 0.3 is 5.91 Å². The number of ether oxygens (including phenoxy) is 1. The van der Waals surface area contributed by atoms with Crippen molar-refractivity contribution in [2.24, 2.45) is 5.18 Å². The lowest BCUT2D eigenvalue weighted by atomic mass is 9.94. The van der Waals surface area contributed by atoms with Gasteiger partial charge in [-0.1, -0.05) is 68.1 Å². The topological polar surface area (TPSA) is 72.8 Å². The second kappa shape index (κ2) is 12.8. The molecular weight excluding hydrogens is 462 g/mol. The van der Waals surface area contributed by atoms with Crippen LogP contribution in [0.5, 0.6) is 5.75 Å². The molecule has 0 saturated carbocycles. The third-order valence-electron chi connectivity index (χ3n) is 5.78. The molecular formula is C29H30ClNO4. The van der Waals surface area contributed by atoms with Gasteiger partial charge in [0, 0.05) is 34.5 Å². The van der Waals surface area contributed by atoms with Gasteiger partial charge in [0.25, 0.3) is 0 Å². The summed E-state index contributed by atoms with van der Waals surface area (Å²) in [5.74, 6) is 0.0932. The van der Waals surface area contributed by atoms with Gasteiger partial charge in [0.05, 0.1) is 5.56 Å². The molecule has 0 spiro atoms.